The van der Waals surface area contributed by atoms with E-state index in [2.05, 4.69) is 4.74 Å². The molecule has 6 heteroatoms. The lowest BCUT2D eigenvalue weighted by molar-refractivity contribution is -0.259. The number of carboxylic acid groups (broad SMARTS) is 1. The molecule has 0 spiro atoms. The zero-order valence-electron chi connectivity index (χ0n) is 15.1. The second kappa shape index (κ2) is 9.32. The van der Waals surface area contributed by atoms with E-state index in [0.717, 1.165) is 0 Å². The van der Waals surface area contributed by atoms with Crippen LogP contribution in [0.1, 0.15) is 6.42 Å². The van der Waals surface area contributed by atoms with Crippen molar-refractivity contribution in [2.45, 2.75) is 12.4 Å². The third-order valence-electron chi connectivity index (χ3n) is 3.68. The summed E-state index contributed by atoms with van der Waals surface area (Å²) in [5, 5.41) is 8.83. The van der Waals surface area contributed by atoms with Gasteiger partial charge in [-0.3, -0.25) is 0 Å². The fourth-order valence-corrected chi connectivity index (χ4v) is 2.48. The van der Waals surface area contributed by atoms with Crippen LogP contribution in [0, 0.1) is 0 Å². The molecule has 28 heavy (non-hydrogen) atoms. The highest BCUT2D eigenvalue weighted by molar-refractivity contribution is 5.56. The predicted octanol–water partition coefficient (Wildman–Crippen LogP) is 4.96. The summed E-state index contributed by atoms with van der Waals surface area (Å²) >= 11 is 0. The van der Waals surface area contributed by atoms with Crippen LogP contribution in [-0.2, 0) is 4.74 Å². The van der Waals surface area contributed by atoms with Crippen LogP contribution in [0.25, 0.3) is 0 Å². The van der Waals surface area contributed by atoms with Crippen LogP contribution in [-0.4, -0.2) is 23.8 Å². The third-order valence-corrected chi connectivity index (χ3v) is 3.68. The Bertz CT molecular complexity index is 751. The Morgan fingerprint density at radius 2 is 1.04 bits per heavy atom. The van der Waals surface area contributed by atoms with E-state index in [1.165, 1.54) is 0 Å². The monoisotopic (exact) mass is 380 g/mol. The average Bonchev–Trinajstić information content (AvgIpc) is 2.70. The van der Waals surface area contributed by atoms with Gasteiger partial charge in [0.1, 0.15) is 30.3 Å². The zero-order chi connectivity index (χ0) is 19.7. The highest BCUT2D eigenvalue weighted by Gasteiger charge is 2.39. The van der Waals surface area contributed by atoms with Gasteiger partial charge in [0, 0.05) is 0 Å². The summed E-state index contributed by atoms with van der Waals surface area (Å²) in [4.78, 5) is 10.8. The number of carbonyl (C=O) groups is 1. The molecule has 0 amide bonds. The minimum atomic E-state index is -1.64. The SMILES string of the molecule is O=C(O)OCCC(Oc1ccccc1)(Oc1ccccc1)Oc1ccccc1. The molecule has 0 fully saturated rings. The molecule has 6 nitrogen and oxygen atoms in total. The average molecular weight is 380 g/mol. The summed E-state index contributed by atoms with van der Waals surface area (Å²) in [6.07, 6.45) is -1.38. The molecule has 1 N–H and O–H groups in total. The number of hydrogen-bond acceptors (Lipinski definition) is 5. The van der Waals surface area contributed by atoms with Crippen molar-refractivity contribution in [1.82, 2.24) is 0 Å². The first kappa shape index (κ1) is 19.1. The molecule has 0 aliphatic rings. The second-order valence-corrected chi connectivity index (χ2v) is 5.79. The van der Waals surface area contributed by atoms with Crippen molar-refractivity contribution in [1.29, 1.82) is 0 Å². The van der Waals surface area contributed by atoms with Gasteiger partial charge in [0.15, 0.2) is 0 Å². The van der Waals surface area contributed by atoms with Gasteiger partial charge in [-0.15, -0.1) is 0 Å². The number of hydrogen-bond donors (Lipinski definition) is 1. The summed E-state index contributed by atoms with van der Waals surface area (Å²) in [6.45, 7) is -0.179. The molecule has 0 heterocycles. The molecule has 0 radical (unpaired) electrons. The van der Waals surface area contributed by atoms with Crippen molar-refractivity contribution in [2.75, 3.05) is 6.61 Å². The smallest absolute Gasteiger partial charge is 0.450 e. The van der Waals surface area contributed by atoms with E-state index in [-0.39, 0.29) is 13.0 Å². The van der Waals surface area contributed by atoms with Crippen LogP contribution in [0.15, 0.2) is 91.0 Å². The number of ether oxygens (including phenoxy) is 4. The van der Waals surface area contributed by atoms with Crippen LogP contribution in [0.2, 0.25) is 0 Å². The largest absolute Gasteiger partial charge is 0.505 e. The number of para-hydroxylation sites is 3. The van der Waals surface area contributed by atoms with Crippen molar-refractivity contribution in [3.63, 3.8) is 0 Å². The Labute approximate surface area is 162 Å². The van der Waals surface area contributed by atoms with Crippen molar-refractivity contribution in [3.8, 4) is 17.2 Å². The standard InChI is InChI=1S/C22H20O6/c23-21(24)25-17-16-22(26-18-10-4-1-5-11-18,27-19-12-6-2-7-13-19)28-20-14-8-3-9-15-20/h1-15H,16-17H2,(H,23,24). The Balaban J connectivity index is 1.93. The van der Waals surface area contributed by atoms with E-state index in [9.17, 15) is 4.79 Å². The molecule has 0 unspecified atom stereocenters. The molecule has 3 aromatic carbocycles. The van der Waals surface area contributed by atoms with Gasteiger partial charge in [0.25, 0.3) is 0 Å². The van der Waals surface area contributed by atoms with E-state index in [0.29, 0.717) is 17.2 Å². The molecule has 0 saturated heterocycles. The van der Waals surface area contributed by atoms with Crippen molar-refractivity contribution in [3.05, 3.63) is 91.0 Å². The first-order valence-corrected chi connectivity index (χ1v) is 8.73. The van der Waals surface area contributed by atoms with Gasteiger partial charge in [0.05, 0.1) is 0 Å². The molecule has 0 aromatic heterocycles. The van der Waals surface area contributed by atoms with Crippen LogP contribution in [0.5, 0.6) is 17.2 Å². The van der Waals surface area contributed by atoms with E-state index in [1.807, 2.05) is 54.6 Å². The molecule has 0 aliphatic carbocycles. The lowest BCUT2D eigenvalue weighted by Gasteiger charge is -2.33. The van der Waals surface area contributed by atoms with E-state index < -0.39 is 12.1 Å². The second-order valence-electron chi connectivity index (χ2n) is 5.79. The van der Waals surface area contributed by atoms with E-state index in [1.54, 1.807) is 36.4 Å². The fraction of sp³-hybridized carbons (Fsp3) is 0.136. The lowest BCUT2D eigenvalue weighted by atomic mass is 10.3. The van der Waals surface area contributed by atoms with E-state index >= 15 is 0 Å². The summed E-state index contributed by atoms with van der Waals surface area (Å²) in [5.41, 5.74) is 0. The molecule has 144 valence electrons. The lowest BCUT2D eigenvalue weighted by Crippen LogP contribution is -2.49. The summed E-state index contributed by atoms with van der Waals surface area (Å²) in [7, 11) is 0. The number of benzene rings is 3. The Hall–Kier alpha value is -3.67. The highest BCUT2D eigenvalue weighted by Crippen LogP contribution is 2.29. The molecule has 0 bridgehead atoms. The third kappa shape index (κ3) is 5.67. The summed E-state index contributed by atoms with van der Waals surface area (Å²) in [6, 6.07) is 27.0. The molecule has 0 aliphatic heterocycles. The van der Waals surface area contributed by atoms with Gasteiger partial charge in [-0.1, -0.05) is 54.6 Å². The van der Waals surface area contributed by atoms with Crippen LogP contribution in [0.4, 0.5) is 4.79 Å². The Kier molecular flexibility index (Phi) is 6.36. The quantitative estimate of drug-likeness (QED) is 0.418. The Morgan fingerprint density at radius 1 is 0.679 bits per heavy atom. The zero-order valence-corrected chi connectivity index (χ0v) is 15.1. The molecular formula is C22H20O6. The van der Waals surface area contributed by atoms with Crippen LogP contribution in [0.3, 0.4) is 0 Å². The maximum Gasteiger partial charge on any atom is 0.505 e. The first-order chi connectivity index (χ1) is 13.7. The van der Waals surface area contributed by atoms with Crippen LogP contribution >= 0.6 is 0 Å². The first-order valence-electron chi connectivity index (χ1n) is 8.73. The molecule has 0 atom stereocenters. The fourth-order valence-electron chi connectivity index (χ4n) is 2.48. The molecule has 3 rings (SSSR count). The summed E-state index contributed by atoms with van der Waals surface area (Å²) in [5.74, 6) is -0.126. The number of rotatable bonds is 9. The van der Waals surface area contributed by atoms with Gasteiger partial charge in [-0.2, -0.15) is 0 Å². The van der Waals surface area contributed by atoms with Gasteiger partial charge in [0.2, 0.25) is 0 Å². The maximum absolute atomic E-state index is 10.8. The molecule has 3 aromatic rings. The van der Waals surface area contributed by atoms with Crippen molar-refractivity contribution >= 4 is 6.16 Å². The van der Waals surface area contributed by atoms with Gasteiger partial charge >= 0.3 is 12.1 Å². The van der Waals surface area contributed by atoms with Gasteiger partial charge in [-0.05, 0) is 36.4 Å². The topological polar surface area (TPSA) is 74.2 Å². The van der Waals surface area contributed by atoms with E-state index in [4.69, 9.17) is 19.3 Å². The highest BCUT2D eigenvalue weighted by atomic mass is 16.9. The Morgan fingerprint density at radius 3 is 1.36 bits per heavy atom. The van der Waals surface area contributed by atoms with Gasteiger partial charge < -0.3 is 24.1 Å². The van der Waals surface area contributed by atoms with Crippen molar-refractivity contribution in [2.24, 2.45) is 0 Å². The van der Waals surface area contributed by atoms with Crippen LogP contribution < -0.4 is 14.2 Å². The van der Waals surface area contributed by atoms with Gasteiger partial charge in [-0.25, -0.2) is 4.79 Å². The van der Waals surface area contributed by atoms with Crippen molar-refractivity contribution < 1.29 is 28.8 Å². The minimum absolute atomic E-state index is 0.00200. The normalized spacial score (nSPS) is 10.7. The maximum atomic E-state index is 10.8. The minimum Gasteiger partial charge on any atom is -0.450 e. The molecule has 0 saturated carbocycles. The predicted molar refractivity (Wildman–Crippen MR) is 103 cm³/mol. The molecular weight excluding hydrogens is 360 g/mol. The summed E-state index contributed by atoms with van der Waals surface area (Å²) < 4.78 is 22.9.